The lowest BCUT2D eigenvalue weighted by Gasteiger charge is -2.11. The second-order valence-electron chi connectivity index (χ2n) is 6.11. The Hall–Kier alpha value is -2.87. The van der Waals surface area contributed by atoms with Gasteiger partial charge in [0.2, 0.25) is 5.91 Å². The van der Waals surface area contributed by atoms with Crippen LogP contribution in [0.3, 0.4) is 0 Å². The molecule has 0 spiro atoms. The largest absolute Gasteiger partial charge is 0.353 e. The highest BCUT2D eigenvalue weighted by Gasteiger charge is 2.13. The molecule has 0 radical (unpaired) electrons. The number of amides is 2. The molecular weight excluding hydrogens is 366 g/mol. The predicted molar refractivity (Wildman–Crippen MR) is 105 cm³/mol. The van der Waals surface area contributed by atoms with Crippen molar-refractivity contribution in [3.05, 3.63) is 69.8 Å². The van der Waals surface area contributed by atoms with Gasteiger partial charge in [0.25, 0.3) is 11.6 Å². The zero-order chi connectivity index (χ0) is 19.8. The topological polar surface area (TPSA) is 101 Å². The monoisotopic (exact) mass is 387 g/mol. The van der Waals surface area contributed by atoms with Crippen molar-refractivity contribution in [2.45, 2.75) is 31.3 Å². The third kappa shape index (κ3) is 6.41. The van der Waals surface area contributed by atoms with Gasteiger partial charge < -0.3 is 10.6 Å². The van der Waals surface area contributed by atoms with E-state index in [0.717, 1.165) is 10.5 Å². The molecule has 8 heteroatoms. The number of hydrogen-bond donors (Lipinski definition) is 2. The van der Waals surface area contributed by atoms with E-state index in [0.29, 0.717) is 5.56 Å². The molecule has 0 aliphatic rings. The van der Waals surface area contributed by atoms with Crippen molar-refractivity contribution in [3.8, 4) is 0 Å². The maximum atomic E-state index is 12.5. The molecule has 0 fully saturated rings. The number of nitro benzene ring substituents is 1. The van der Waals surface area contributed by atoms with Crippen LogP contribution in [0.15, 0.2) is 53.4 Å². The van der Waals surface area contributed by atoms with Crippen molar-refractivity contribution in [1.29, 1.82) is 0 Å². The first-order valence-corrected chi connectivity index (χ1v) is 9.38. The highest BCUT2D eigenvalue weighted by atomic mass is 32.2. The fourth-order valence-corrected chi connectivity index (χ4v) is 3.16. The Kier molecular flexibility index (Phi) is 7.36. The summed E-state index contributed by atoms with van der Waals surface area (Å²) in [5, 5.41) is 16.3. The van der Waals surface area contributed by atoms with Crippen LogP contribution in [-0.4, -0.2) is 28.5 Å². The molecular formula is C19H21N3O4S. The van der Waals surface area contributed by atoms with Crippen molar-refractivity contribution >= 4 is 29.3 Å². The lowest BCUT2D eigenvalue weighted by atomic mass is 10.2. The first kappa shape index (κ1) is 20.4. The van der Waals surface area contributed by atoms with Gasteiger partial charge in [0, 0.05) is 29.6 Å². The Morgan fingerprint density at radius 3 is 2.41 bits per heavy atom. The second-order valence-corrected chi connectivity index (χ2v) is 7.13. The first-order valence-electron chi connectivity index (χ1n) is 8.39. The van der Waals surface area contributed by atoms with Crippen LogP contribution >= 0.6 is 11.8 Å². The van der Waals surface area contributed by atoms with Crippen LogP contribution in [0.1, 0.15) is 29.8 Å². The molecule has 0 heterocycles. The number of non-ortho nitro benzene ring substituents is 1. The van der Waals surface area contributed by atoms with Crippen LogP contribution in [0.4, 0.5) is 5.69 Å². The van der Waals surface area contributed by atoms with Crippen LogP contribution in [0, 0.1) is 10.1 Å². The van der Waals surface area contributed by atoms with E-state index in [4.69, 9.17) is 0 Å². The van der Waals surface area contributed by atoms with E-state index >= 15 is 0 Å². The summed E-state index contributed by atoms with van der Waals surface area (Å²) in [6, 6.07) is 13.2. The van der Waals surface area contributed by atoms with E-state index in [1.807, 2.05) is 19.9 Å². The molecule has 27 heavy (non-hydrogen) atoms. The molecule has 7 nitrogen and oxygen atoms in total. The van der Waals surface area contributed by atoms with Crippen LogP contribution in [0.2, 0.25) is 0 Å². The van der Waals surface area contributed by atoms with Gasteiger partial charge in [-0.1, -0.05) is 24.3 Å². The first-order chi connectivity index (χ1) is 12.9. The Morgan fingerprint density at radius 1 is 1.11 bits per heavy atom. The summed E-state index contributed by atoms with van der Waals surface area (Å²) >= 11 is 1.30. The molecule has 2 aromatic carbocycles. The number of carbonyl (C=O) groups excluding carboxylic acids is 2. The van der Waals surface area contributed by atoms with Gasteiger partial charge in [-0.2, -0.15) is 0 Å². The average Bonchev–Trinajstić information content (AvgIpc) is 2.64. The van der Waals surface area contributed by atoms with E-state index in [9.17, 15) is 19.7 Å². The second kappa shape index (κ2) is 9.72. The number of benzene rings is 2. The van der Waals surface area contributed by atoms with E-state index in [1.54, 1.807) is 30.3 Å². The number of nitro groups is 1. The van der Waals surface area contributed by atoms with E-state index in [1.165, 1.54) is 23.9 Å². The van der Waals surface area contributed by atoms with Gasteiger partial charge in [0.15, 0.2) is 0 Å². The smallest absolute Gasteiger partial charge is 0.269 e. The highest BCUT2D eigenvalue weighted by Crippen LogP contribution is 2.22. The summed E-state index contributed by atoms with van der Waals surface area (Å²) in [4.78, 5) is 35.2. The van der Waals surface area contributed by atoms with Crippen molar-refractivity contribution < 1.29 is 14.5 Å². The Morgan fingerprint density at radius 2 is 1.78 bits per heavy atom. The molecule has 2 rings (SSSR count). The van der Waals surface area contributed by atoms with Crippen LogP contribution < -0.4 is 10.6 Å². The molecule has 2 amide bonds. The van der Waals surface area contributed by atoms with E-state index in [2.05, 4.69) is 10.6 Å². The summed E-state index contributed by atoms with van der Waals surface area (Å²) < 4.78 is 0. The van der Waals surface area contributed by atoms with Gasteiger partial charge in [-0.3, -0.25) is 19.7 Å². The Balaban J connectivity index is 1.97. The quantitative estimate of drug-likeness (QED) is 0.412. The van der Waals surface area contributed by atoms with E-state index in [-0.39, 0.29) is 35.8 Å². The summed E-state index contributed by atoms with van der Waals surface area (Å²) in [6.45, 7) is 4.04. The number of rotatable bonds is 8. The molecule has 0 aliphatic carbocycles. The molecule has 142 valence electrons. The molecule has 0 unspecified atom stereocenters. The van der Waals surface area contributed by atoms with Gasteiger partial charge >= 0.3 is 0 Å². The van der Waals surface area contributed by atoms with Crippen LogP contribution in [-0.2, 0) is 11.3 Å². The molecule has 0 saturated heterocycles. The minimum Gasteiger partial charge on any atom is -0.353 e. The average molecular weight is 387 g/mol. The summed E-state index contributed by atoms with van der Waals surface area (Å²) in [5.74, 6) is -0.123. The zero-order valence-electron chi connectivity index (χ0n) is 15.1. The Bertz CT molecular complexity index is 822. The lowest BCUT2D eigenvalue weighted by Crippen LogP contribution is -2.31. The van der Waals surface area contributed by atoms with Crippen molar-refractivity contribution in [2.75, 3.05) is 5.75 Å². The van der Waals surface area contributed by atoms with Crippen molar-refractivity contribution in [3.63, 3.8) is 0 Å². The minimum atomic E-state index is -0.467. The Labute approximate surface area is 161 Å². The zero-order valence-corrected chi connectivity index (χ0v) is 15.9. The number of nitrogens with one attached hydrogen (secondary N) is 2. The molecule has 2 aromatic rings. The van der Waals surface area contributed by atoms with Crippen molar-refractivity contribution in [1.82, 2.24) is 10.6 Å². The van der Waals surface area contributed by atoms with Gasteiger partial charge in [0.05, 0.1) is 16.2 Å². The number of thioether (sulfide) groups is 1. The fourth-order valence-electron chi connectivity index (χ4n) is 2.30. The van der Waals surface area contributed by atoms with Gasteiger partial charge in [-0.15, -0.1) is 11.8 Å². The molecule has 0 aliphatic heterocycles. The van der Waals surface area contributed by atoms with Gasteiger partial charge in [0.1, 0.15) is 0 Å². The highest BCUT2D eigenvalue weighted by molar-refractivity contribution is 8.00. The van der Waals surface area contributed by atoms with Crippen LogP contribution in [0.25, 0.3) is 0 Å². The van der Waals surface area contributed by atoms with E-state index < -0.39 is 4.92 Å². The van der Waals surface area contributed by atoms with Gasteiger partial charge in [-0.25, -0.2) is 0 Å². The summed E-state index contributed by atoms with van der Waals surface area (Å²) in [7, 11) is 0. The van der Waals surface area contributed by atoms with Crippen molar-refractivity contribution in [2.24, 2.45) is 0 Å². The summed E-state index contributed by atoms with van der Waals surface area (Å²) in [5.41, 5.74) is 1.25. The third-order valence-corrected chi connectivity index (χ3v) is 4.61. The number of carbonyl (C=O) groups is 2. The SMILES string of the molecule is CC(C)NC(=O)CSc1ccccc1C(=O)NCc1ccc([N+](=O)[O-])cc1. The minimum absolute atomic E-state index is 0.00602. The fraction of sp³-hybridized carbons (Fsp3) is 0.263. The molecule has 0 aromatic heterocycles. The maximum absolute atomic E-state index is 12.5. The molecule has 0 atom stereocenters. The molecule has 2 N–H and O–H groups in total. The lowest BCUT2D eigenvalue weighted by molar-refractivity contribution is -0.384. The normalized spacial score (nSPS) is 10.5. The number of nitrogens with zero attached hydrogens (tertiary/aromatic N) is 1. The standard InChI is InChI=1S/C19H21N3O4S/c1-13(2)21-18(23)12-27-17-6-4-3-5-16(17)19(24)20-11-14-7-9-15(10-8-14)22(25)26/h3-10,13H,11-12H2,1-2H3,(H,20,24)(H,21,23). The summed E-state index contributed by atoms with van der Waals surface area (Å²) in [6.07, 6.45) is 0. The predicted octanol–water partition coefficient (Wildman–Crippen LogP) is 3.14. The third-order valence-electron chi connectivity index (χ3n) is 3.54. The maximum Gasteiger partial charge on any atom is 0.269 e. The molecule has 0 bridgehead atoms. The van der Waals surface area contributed by atoms with Crippen LogP contribution in [0.5, 0.6) is 0 Å². The number of hydrogen-bond acceptors (Lipinski definition) is 5. The van der Waals surface area contributed by atoms with Gasteiger partial charge in [-0.05, 0) is 31.5 Å². The molecule has 0 saturated carbocycles.